The molecule has 30 heavy (non-hydrogen) atoms. The molecule has 1 aliphatic rings. The third kappa shape index (κ3) is 4.05. The van der Waals surface area contributed by atoms with Crippen molar-refractivity contribution in [3.05, 3.63) is 53.0 Å². The molecule has 1 aliphatic carbocycles. The van der Waals surface area contributed by atoms with Gasteiger partial charge >= 0.3 is 0 Å². The normalized spacial score (nSPS) is 13.6. The lowest BCUT2D eigenvalue weighted by Gasteiger charge is -2.09. The summed E-state index contributed by atoms with van der Waals surface area (Å²) in [5.74, 6) is 1.02. The lowest BCUT2D eigenvalue weighted by Crippen LogP contribution is -2.26. The smallest absolute Gasteiger partial charge is 0.280 e. The van der Waals surface area contributed by atoms with E-state index in [-0.39, 0.29) is 23.0 Å². The number of rotatable bonds is 8. The number of nitrogens with zero attached hydrogens (tertiary/aromatic N) is 3. The highest BCUT2D eigenvalue weighted by molar-refractivity contribution is 5.93. The largest absolute Gasteiger partial charge is 0.493 e. The van der Waals surface area contributed by atoms with Gasteiger partial charge in [0.1, 0.15) is 5.69 Å². The van der Waals surface area contributed by atoms with Crippen molar-refractivity contribution in [1.82, 2.24) is 19.9 Å². The van der Waals surface area contributed by atoms with Crippen molar-refractivity contribution in [2.45, 2.75) is 31.6 Å². The molecular weight excluding hydrogens is 394 g/mol. The molecule has 0 atom stereocenters. The topological polar surface area (TPSA) is 77.8 Å². The number of alkyl halides is 2. The summed E-state index contributed by atoms with van der Waals surface area (Å²) in [5, 5.41) is 6.83. The number of methoxy groups -OCH3 is 2. The van der Waals surface area contributed by atoms with Crippen LogP contribution in [0.5, 0.6) is 11.5 Å². The molecule has 4 rings (SSSR count). The summed E-state index contributed by atoms with van der Waals surface area (Å²) >= 11 is 0. The Labute approximate surface area is 172 Å². The van der Waals surface area contributed by atoms with Crippen LogP contribution in [0, 0.1) is 0 Å². The van der Waals surface area contributed by atoms with Crippen molar-refractivity contribution in [2.75, 3.05) is 20.8 Å². The van der Waals surface area contributed by atoms with Gasteiger partial charge in [0.2, 0.25) is 0 Å². The van der Waals surface area contributed by atoms with E-state index in [2.05, 4.69) is 15.4 Å². The molecule has 1 amide bonds. The molecule has 1 fully saturated rings. The molecule has 0 saturated heterocycles. The second-order valence-electron chi connectivity index (χ2n) is 7.18. The number of nitrogens with one attached hydrogen (secondary N) is 1. The van der Waals surface area contributed by atoms with Gasteiger partial charge in [0.05, 0.1) is 14.2 Å². The number of ether oxygens (including phenoxy) is 2. The van der Waals surface area contributed by atoms with Crippen LogP contribution in [0.25, 0.3) is 5.65 Å². The summed E-state index contributed by atoms with van der Waals surface area (Å²) in [6, 6.07) is 8.36. The van der Waals surface area contributed by atoms with Crippen LogP contribution in [-0.2, 0) is 6.42 Å². The Kier molecular flexibility index (Phi) is 5.52. The number of hydrogen-bond acceptors (Lipinski definition) is 5. The summed E-state index contributed by atoms with van der Waals surface area (Å²) in [7, 11) is 3.12. The summed E-state index contributed by atoms with van der Waals surface area (Å²) in [5.41, 5.74) is 1.67. The number of amides is 1. The zero-order valence-corrected chi connectivity index (χ0v) is 16.7. The van der Waals surface area contributed by atoms with Crippen molar-refractivity contribution in [3.8, 4) is 11.5 Å². The fourth-order valence-corrected chi connectivity index (χ4v) is 3.32. The van der Waals surface area contributed by atoms with E-state index >= 15 is 0 Å². The Hall–Kier alpha value is -3.23. The van der Waals surface area contributed by atoms with Gasteiger partial charge in [0.25, 0.3) is 12.3 Å². The molecule has 9 heteroatoms. The Bertz CT molecular complexity index is 1080. The molecule has 0 radical (unpaired) electrons. The molecule has 1 aromatic carbocycles. The van der Waals surface area contributed by atoms with E-state index in [0.717, 1.165) is 22.9 Å². The lowest BCUT2D eigenvalue weighted by molar-refractivity contribution is 0.0948. The van der Waals surface area contributed by atoms with Crippen LogP contribution < -0.4 is 14.8 Å². The molecule has 1 N–H and O–H groups in total. The van der Waals surface area contributed by atoms with Crippen LogP contribution in [0.4, 0.5) is 8.78 Å². The number of hydrogen-bond donors (Lipinski definition) is 1. The number of benzene rings is 1. The highest BCUT2D eigenvalue weighted by Gasteiger charge is 2.28. The van der Waals surface area contributed by atoms with Crippen molar-refractivity contribution < 1.29 is 23.0 Å². The zero-order valence-electron chi connectivity index (χ0n) is 16.7. The van der Waals surface area contributed by atoms with Gasteiger partial charge in [-0.25, -0.2) is 18.3 Å². The Morgan fingerprint density at radius 3 is 2.63 bits per heavy atom. The van der Waals surface area contributed by atoms with E-state index in [1.165, 1.54) is 12.1 Å². The van der Waals surface area contributed by atoms with Gasteiger partial charge in [-0.3, -0.25) is 4.79 Å². The average molecular weight is 416 g/mol. The quantitative estimate of drug-likeness (QED) is 0.608. The van der Waals surface area contributed by atoms with Crippen molar-refractivity contribution in [3.63, 3.8) is 0 Å². The Morgan fingerprint density at radius 1 is 1.20 bits per heavy atom. The molecule has 0 aliphatic heterocycles. The molecule has 1 saturated carbocycles. The number of aromatic nitrogens is 3. The van der Waals surface area contributed by atoms with E-state index in [0.29, 0.717) is 30.2 Å². The van der Waals surface area contributed by atoms with Crippen molar-refractivity contribution in [1.29, 1.82) is 0 Å². The van der Waals surface area contributed by atoms with Crippen LogP contribution >= 0.6 is 0 Å². The van der Waals surface area contributed by atoms with Crippen molar-refractivity contribution >= 4 is 11.6 Å². The van der Waals surface area contributed by atoms with Crippen molar-refractivity contribution in [2.24, 2.45) is 0 Å². The van der Waals surface area contributed by atoms with Crippen LogP contribution in [0.1, 0.15) is 52.6 Å². The van der Waals surface area contributed by atoms with Gasteiger partial charge in [-0.05, 0) is 43.0 Å². The Balaban J connectivity index is 1.46. The first-order valence-electron chi connectivity index (χ1n) is 9.68. The number of fused-ring (bicyclic) bond motifs is 1. The molecule has 2 heterocycles. The van der Waals surface area contributed by atoms with E-state index in [4.69, 9.17) is 9.47 Å². The van der Waals surface area contributed by atoms with E-state index in [1.807, 2.05) is 12.1 Å². The van der Waals surface area contributed by atoms with E-state index < -0.39 is 12.3 Å². The molecular formula is C21H22F2N4O3. The highest BCUT2D eigenvalue weighted by Crippen LogP contribution is 2.40. The van der Waals surface area contributed by atoms with Crippen LogP contribution in [-0.4, -0.2) is 41.3 Å². The SMILES string of the molecule is COc1ccc(CCNC(=O)c2cc3nc(C4CC4)cc(C(F)F)n3n2)cc1OC. The van der Waals surface area contributed by atoms with Gasteiger partial charge < -0.3 is 14.8 Å². The predicted octanol–water partition coefficient (Wildman–Crippen LogP) is 3.53. The first kappa shape index (κ1) is 20.1. The Morgan fingerprint density at radius 2 is 1.97 bits per heavy atom. The molecule has 0 bridgehead atoms. The fraction of sp³-hybridized carbons (Fsp3) is 0.381. The third-order valence-electron chi connectivity index (χ3n) is 5.07. The first-order valence-corrected chi connectivity index (χ1v) is 9.68. The van der Waals surface area contributed by atoms with Crippen LogP contribution in [0.15, 0.2) is 30.3 Å². The maximum absolute atomic E-state index is 13.5. The minimum atomic E-state index is -2.70. The van der Waals surface area contributed by atoms with Gasteiger partial charge in [-0.15, -0.1) is 0 Å². The van der Waals surface area contributed by atoms with E-state index in [1.54, 1.807) is 20.3 Å². The molecule has 0 unspecified atom stereocenters. The minimum absolute atomic E-state index is 0.0599. The zero-order chi connectivity index (χ0) is 21.3. The standard InChI is InChI=1S/C21H22F2N4O3/c1-29-17-6-3-12(9-18(17)30-2)7-8-24-21(28)15-11-19-25-14(13-4-5-13)10-16(20(22)23)27(19)26-15/h3,6,9-11,13,20H,4-5,7-8H2,1-2H3,(H,24,28). The fourth-order valence-electron chi connectivity index (χ4n) is 3.32. The second-order valence-corrected chi connectivity index (χ2v) is 7.18. The van der Waals surface area contributed by atoms with Gasteiger partial charge in [0, 0.05) is 24.2 Å². The molecule has 0 spiro atoms. The van der Waals surface area contributed by atoms with Crippen LogP contribution in [0.2, 0.25) is 0 Å². The molecule has 2 aromatic heterocycles. The summed E-state index contributed by atoms with van der Waals surface area (Å²) in [4.78, 5) is 16.9. The summed E-state index contributed by atoms with van der Waals surface area (Å²) in [6.45, 7) is 0.352. The second kappa shape index (κ2) is 8.25. The van der Waals surface area contributed by atoms with Gasteiger partial charge in [0.15, 0.2) is 22.8 Å². The maximum Gasteiger partial charge on any atom is 0.280 e. The number of halogens is 2. The maximum atomic E-state index is 13.5. The highest BCUT2D eigenvalue weighted by atomic mass is 19.3. The predicted molar refractivity (Wildman–Crippen MR) is 106 cm³/mol. The minimum Gasteiger partial charge on any atom is -0.493 e. The average Bonchev–Trinajstić information content (AvgIpc) is 3.51. The molecule has 7 nitrogen and oxygen atoms in total. The first-order chi connectivity index (χ1) is 14.5. The molecule has 3 aromatic rings. The van der Waals surface area contributed by atoms with Crippen LogP contribution in [0.3, 0.4) is 0 Å². The summed E-state index contributed by atoms with van der Waals surface area (Å²) < 4.78 is 38.5. The number of carbonyl (C=O) groups is 1. The van der Waals surface area contributed by atoms with E-state index in [9.17, 15) is 13.6 Å². The van der Waals surface area contributed by atoms with Gasteiger partial charge in [-0.2, -0.15) is 5.10 Å². The lowest BCUT2D eigenvalue weighted by atomic mass is 10.1. The molecule has 158 valence electrons. The third-order valence-corrected chi connectivity index (χ3v) is 5.07. The monoisotopic (exact) mass is 416 g/mol. The van der Waals surface area contributed by atoms with Gasteiger partial charge in [-0.1, -0.05) is 6.07 Å². The number of carbonyl (C=O) groups excluding carboxylic acids is 1. The summed E-state index contributed by atoms with van der Waals surface area (Å²) in [6.07, 6.45) is -0.243.